The summed E-state index contributed by atoms with van der Waals surface area (Å²) in [7, 11) is 1.76. The normalized spacial score (nSPS) is 59.2. The molecule has 7 fully saturated rings. The maximum atomic E-state index is 14.1. The number of aliphatic hydroxyl groups is 1. The first-order valence-electron chi connectivity index (χ1n) is 11.1. The van der Waals surface area contributed by atoms with Crippen molar-refractivity contribution >= 4 is 11.8 Å². The van der Waals surface area contributed by atoms with Crippen molar-refractivity contribution in [1.29, 1.82) is 0 Å². The predicted octanol–water partition coefficient (Wildman–Crippen LogP) is 1.39. The molecule has 4 aliphatic carbocycles. The number of ether oxygens (including phenoxy) is 2. The Kier molecular flexibility index (Phi) is 3.31. The van der Waals surface area contributed by atoms with Crippen LogP contribution in [0.3, 0.4) is 0 Å². The molecule has 6 heteroatoms. The standard InChI is InChI=1S/C22H31NO5/c1-4-23-10-20(2)7-6-13(27-3)22-12-9-11-5-8-21(26,14(12)19(25)28-11)15(18(22)23)16(24)17(20)22/h11-15,17-18,26H,4-10H2,1-3H3/t11-,12-,13?,14-,15-,17-,18?,20?,21-,22?/m0/s1. The average molecular weight is 389 g/mol. The number of hydrogen-bond acceptors (Lipinski definition) is 6. The van der Waals surface area contributed by atoms with Crippen molar-refractivity contribution in [2.45, 2.75) is 69.8 Å². The van der Waals surface area contributed by atoms with Gasteiger partial charge in [-0.1, -0.05) is 13.8 Å². The van der Waals surface area contributed by atoms with Crippen LogP contribution in [0.25, 0.3) is 0 Å². The van der Waals surface area contributed by atoms with Crippen LogP contribution in [-0.4, -0.2) is 65.8 Å². The summed E-state index contributed by atoms with van der Waals surface area (Å²) < 4.78 is 11.8. The van der Waals surface area contributed by atoms with Crippen LogP contribution >= 0.6 is 0 Å². The Morgan fingerprint density at radius 3 is 2.75 bits per heavy atom. The van der Waals surface area contributed by atoms with Crippen LogP contribution in [0.4, 0.5) is 0 Å². The first-order valence-corrected chi connectivity index (χ1v) is 11.1. The number of likely N-dealkylation sites (tertiary alicyclic amines) is 1. The van der Waals surface area contributed by atoms with Gasteiger partial charge in [-0.3, -0.25) is 14.5 Å². The fraction of sp³-hybridized carbons (Fsp3) is 0.909. The number of ketones is 1. The van der Waals surface area contributed by atoms with Crippen LogP contribution < -0.4 is 0 Å². The molecule has 10 atom stereocenters. The largest absolute Gasteiger partial charge is 0.462 e. The van der Waals surface area contributed by atoms with Gasteiger partial charge in [-0.25, -0.2) is 0 Å². The number of Topliss-reactive ketones (excluding diaryl/α,β-unsaturated/α-hetero) is 1. The molecule has 4 unspecified atom stereocenters. The van der Waals surface area contributed by atoms with Crippen LogP contribution in [0, 0.1) is 34.5 Å². The summed E-state index contributed by atoms with van der Waals surface area (Å²) in [6.45, 7) is 6.18. The van der Waals surface area contributed by atoms with E-state index >= 15 is 0 Å². The molecular formula is C22H31NO5. The van der Waals surface area contributed by atoms with Crippen molar-refractivity contribution in [1.82, 2.24) is 4.90 Å². The van der Waals surface area contributed by atoms with Crippen LogP contribution in [0.15, 0.2) is 0 Å². The molecule has 7 rings (SSSR count). The second-order valence-electron chi connectivity index (χ2n) is 10.6. The zero-order valence-electron chi connectivity index (χ0n) is 17.0. The van der Waals surface area contributed by atoms with Gasteiger partial charge in [0.25, 0.3) is 0 Å². The van der Waals surface area contributed by atoms with Gasteiger partial charge in [0.15, 0.2) is 0 Å². The smallest absolute Gasteiger partial charge is 0.312 e. The Morgan fingerprint density at radius 1 is 1.25 bits per heavy atom. The molecule has 0 aromatic heterocycles. The minimum atomic E-state index is -1.27. The Labute approximate surface area is 165 Å². The highest BCUT2D eigenvalue weighted by Crippen LogP contribution is 2.75. The summed E-state index contributed by atoms with van der Waals surface area (Å²) in [5, 5.41) is 12.0. The maximum Gasteiger partial charge on any atom is 0.312 e. The monoisotopic (exact) mass is 389 g/mol. The van der Waals surface area contributed by atoms with Gasteiger partial charge in [0.2, 0.25) is 0 Å². The van der Waals surface area contributed by atoms with Gasteiger partial charge in [-0.15, -0.1) is 0 Å². The van der Waals surface area contributed by atoms with Gasteiger partial charge in [0.05, 0.1) is 23.5 Å². The first-order chi connectivity index (χ1) is 13.3. The highest BCUT2D eigenvalue weighted by Gasteiger charge is 2.84. The predicted molar refractivity (Wildman–Crippen MR) is 99.3 cm³/mol. The van der Waals surface area contributed by atoms with E-state index in [0.29, 0.717) is 12.8 Å². The topological polar surface area (TPSA) is 76.1 Å². The lowest BCUT2D eigenvalue weighted by molar-refractivity contribution is -0.268. The number of rotatable bonds is 2. The van der Waals surface area contributed by atoms with E-state index in [1.807, 2.05) is 0 Å². The van der Waals surface area contributed by atoms with Crippen molar-refractivity contribution in [2.24, 2.45) is 34.5 Å². The second kappa shape index (κ2) is 5.19. The Bertz CT molecular complexity index is 770. The summed E-state index contributed by atoms with van der Waals surface area (Å²) in [6, 6.07) is -0.0239. The van der Waals surface area contributed by atoms with E-state index in [9.17, 15) is 14.7 Å². The van der Waals surface area contributed by atoms with Gasteiger partial charge in [-0.05, 0) is 50.0 Å². The molecule has 0 amide bonds. The van der Waals surface area contributed by atoms with Gasteiger partial charge < -0.3 is 14.6 Å². The Morgan fingerprint density at radius 2 is 2.04 bits per heavy atom. The lowest BCUT2D eigenvalue weighted by Crippen LogP contribution is -2.76. The Hall–Kier alpha value is -0.980. The third-order valence-corrected chi connectivity index (χ3v) is 9.84. The van der Waals surface area contributed by atoms with Crippen molar-refractivity contribution in [3.05, 3.63) is 0 Å². The van der Waals surface area contributed by atoms with Crippen molar-refractivity contribution in [3.8, 4) is 0 Å². The molecule has 4 saturated carbocycles. The van der Waals surface area contributed by atoms with E-state index in [4.69, 9.17) is 9.47 Å². The highest BCUT2D eigenvalue weighted by atomic mass is 16.5. The zero-order valence-corrected chi connectivity index (χ0v) is 17.0. The molecule has 3 heterocycles. The van der Waals surface area contributed by atoms with Crippen LogP contribution in [0.2, 0.25) is 0 Å². The summed E-state index contributed by atoms with van der Waals surface area (Å²) in [5.41, 5.74) is -1.76. The van der Waals surface area contributed by atoms with E-state index in [1.165, 1.54) is 0 Å². The molecule has 154 valence electrons. The number of carbonyl (C=O) groups excluding carboxylic acids is 2. The third-order valence-electron chi connectivity index (χ3n) is 9.84. The fourth-order valence-electron chi connectivity index (χ4n) is 9.29. The first kappa shape index (κ1) is 17.8. The van der Waals surface area contributed by atoms with Gasteiger partial charge in [0.1, 0.15) is 11.9 Å². The molecular weight excluding hydrogens is 358 g/mol. The molecule has 3 saturated heterocycles. The molecule has 6 nitrogen and oxygen atoms in total. The average Bonchev–Trinajstić information content (AvgIpc) is 2.73. The number of hydrogen-bond donors (Lipinski definition) is 1. The van der Waals surface area contributed by atoms with Crippen LogP contribution in [0.5, 0.6) is 0 Å². The second-order valence-corrected chi connectivity index (χ2v) is 10.6. The van der Waals surface area contributed by atoms with E-state index in [2.05, 4.69) is 18.7 Å². The minimum absolute atomic E-state index is 0.0239. The molecule has 3 aliphatic heterocycles. The summed E-state index contributed by atoms with van der Waals surface area (Å²) in [4.78, 5) is 29.6. The number of fused-ring (bicyclic) bond motifs is 2. The minimum Gasteiger partial charge on any atom is -0.462 e. The van der Waals surface area contributed by atoms with Gasteiger partial charge >= 0.3 is 5.97 Å². The van der Waals surface area contributed by atoms with Gasteiger partial charge in [-0.2, -0.15) is 0 Å². The fourth-order valence-corrected chi connectivity index (χ4v) is 9.29. The number of esters is 1. The molecule has 0 radical (unpaired) electrons. The highest BCUT2D eigenvalue weighted by molar-refractivity contribution is 5.94. The van der Waals surface area contributed by atoms with Crippen LogP contribution in [0.1, 0.15) is 46.0 Å². The number of carbonyl (C=O) groups is 2. The number of piperidine rings is 1. The Balaban J connectivity index is 1.67. The van der Waals surface area contributed by atoms with E-state index in [1.54, 1.807) is 7.11 Å². The lowest BCUT2D eigenvalue weighted by atomic mass is 9.42. The van der Waals surface area contributed by atoms with Crippen molar-refractivity contribution in [2.75, 3.05) is 20.2 Å². The summed E-state index contributed by atoms with van der Waals surface area (Å²) in [6.07, 6.45) is 3.63. The van der Waals surface area contributed by atoms with E-state index in [-0.39, 0.29) is 52.7 Å². The van der Waals surface area contributed by atoms with Crippen LogP contribution in [-0.2, 0) is 19.1 Å². The van der Waals surface area contributed by atoms with E-state index in [0.717, 1.165) is 32.4 Å². The third kappa shape index (κ3) is 1.63. The van der Waals surface area contributed by atoms with Crippen molar-refractivity contribution in [3.63, 3.8) is 0 Å². The number of nitrogens with zero attached hydrogens (tertiary/aromatic N) is 1. The molecule has 9 bridgehead atoms. The van der Waals surface area contributed by atoms with E-state index < -0.39 is 17.4 Å². The zero-order chi connectivity index (χ0) is 19.6. The molecule has 1 N–H and O–H groups in total. The summed E-state index contributed by atoms with van der Waals surface area (Å²) in [5.74, 6) is -1.32. The quantitative estimate of drug-likeness (QED) is 0.720. The molecule has 7 aliphatic rings. The maximum absolute atomic E-state index is 14.1. The number of methoxy groups -OCH3 is 1. The molecule has 1 spiro atoms. The summed E-state index contributed by atoms with van der Waals surface area (Å²) >= 11 is 0. The molecule has 0 aromatic carbocycles. The van der Waals surface area contributed by atoms with Crippen molar-refractivity contribution < 1.29 is 24.2 Å². The molecule has 28 heavy (non-hydrogen) atoms. The molecule has 0 aromatic rings. The van der Waals surface area contributed by atoms with Gasteiger partial charge in [0, 0.05) is 31.0 Å². The lowest BCUT2D eigenvalue weighted by Gasteiger charge is -2.68. The SMILES string of the molecule is CCN1CC2(C)CCC(OC)C34C1[C@H](C(=O)[C@@H]23)[C@]1(O)CC[C@H]2C[C@H]4[C@H]1C(=O)O2.